The summed E-state index contributed by atoms with van der Waals surface area (Å²) in [6, 6.07) is 16.4. The molecule has 0 saturated carbocycles. The molecular weight excluding hydrogens is 326 g/mol. The first kappa shape index (κ1) is 13.9. The largest absolute Gasteiger partial charge is 0.396 e. The molecule has 2 N–H and O–H groups in total. The Balaban J connectivity index is 1.91. The van der Waals surface area contributed by atoms with Gasteiger partial charge >= 0.3 is 0 Å². The van der Waals surface area contributed by atoms with Crippen LogP contribution in [-0.4, -0.2) is 9.78 Å². The van der Waals surface area contributed by atoms with Gasteiger partial charge in [-0.05, 0) is 24.6 Å². The molecule has 1 heterocycles. The molecule has 0 amide bonds. The van der Waals surface area contributed by atoms with E-state index in [4.69, 9.17) is 5.73 Å². The standard InChI is InChI=1S/C17H16BrN3/c1-12-4-2-5-13(8-12)10-21-11-16(19)17(20-21)14-6-3-7-15(18)9-14/h2-9,11H,10,19H2,1H3. The van der Waals surface area contributed by atoms with Crippen molar-refractivity contribution >= 4 is 21.6 Å². The van der Waals surface area contributed by atoms with E-state index in [0.29, 0.717) is 5.69 Å². The Morgan fingerprint density at radius 1 is 1.14 bits per heavy atom. The van der Waals surface area contributed by atoms with Crippen LogP contribution in [0.5, 0.6) is 0 Å². The Bertz CT molecular complexity index is 777. The van der Waals surface area contributed by atoms with E-state index in [1.165, 1.54) is 11.1 Å². The van der Waals surface area contributed by atoms with Gasteiger partial charge < -0.3 is 5.73 Å². The maximum atomic E-state index is 6.11. The van der Waals surface area contributed by atoms with E-state index >= 15 is 0 Å². The highest BCUT2D eigenvalue weighted by atomic mass is 79.9. The van der Waals surface area contributed by atoms with Crippen LogP contribution in [0.2, 0.25) is 0 Å². The maximum absolute atomic E-state index is 6.11. The number of halogens is 1. The number of nitrogens with zero attached hydrogens (tertiary/aromatic N) is 2. The minimum absolute atomic E-state index is 0.695. The molecule has 4 heteroatoms. The smallest absolute Gasteiger partial charge is 0.115 e. The van der Waals surface area contributed by atoms with Crippen molar-refractivity contribution in [1.82, 2.24) is 9.78 Å². The van der Waals surface area contributed by atoms with Gasteiger partial charge in [-0.3, -0.25) is 4.68 Å². The zero-order chi connectivity index (χ0) is 14.8. The summed E-state index contributed by atoms with van der Waals surface area (Å²) in [6.07, 6.45) is 1.89. The molecule has 3 aromatic rings. The number of hydrogen-bond acceptors (Lipinski definition) is 2. The van der Waals surface area contributed by atoms with E-state index < -0.39 is 0 Å². The highest BCUT2D eigenvalue weighted by Gasteiger charge is 2.09. The van der Waals surface area contributed by atoms with Gasteiger partial charge in [-0.25, -0.2) is 0 Å². The molecule has 1 aromatic heterocycles. The fourth-order valence-electron chi connectivity index (χ4n) is 2.38. The summed E-state index contributed by atoms with van der Waals surface area (Å²) in [4.78, 5) is 0. The van der Waals surface area contributed by atoms with Crippen LogP contribution in [0.25, 0.3) is 11.3 Å². The van der Waals surface area contributed by atoms with Crippen molar-refractivity contribution in [1.29, 1.82) is 0 Å². The summed E-state index contributed by atoms with van der Waals surface area (Å²) in [5, 5.41) is 4.62. The number of aromatic nitrogens is 2. The summed E-state index contributed by atoms with van der Waals surface area (Å²) in [6.45, 7) is 2.81. The zero-order valence-electron chi connectivity index (χ0n) is 11.8. The van der Waals surface area contributed by atoms with Crippen LogP contribution in [0.4, 0.5) is 5.69 Å². The second-order valence-electron chi connectivity index (χ2n) is 5.13. The van der Waals surface area contributed by atoms with E-state index in [0.717, 1.165) is 22.3 Å². The van der Waals surface area contributed by atoms with E-state index in [-0.39, 0.29) is 0 Å². The average Bonchev–Trinajstić information content (AvgIpc) is 2.79. The van der Waals surface area contributed by atoms with E-state index in [9.17, 15) is 0 Å². The zero-order valence-corrected chi connectivity index (χ0v) is 13.3. The number of nitrogen functional groups attached to an aromatic ring is 1. The maximum Gasteiger partial charge on any atom is 0.115 e. The van der Waals surface area contributed by atoms with Crippen LogP contribution in [0, 0.1) is 6.92 Å². The molecule has 0 spiro atoms. The molecule has 21 heavy (non-hydrogen) atoms. The van der Waals surface area contributed by atoms with Crippen molar-refractivity contribution in [3.63, 3.8) is 0 Å². The minimum atomic E-state index is 0.695. The van der Waals surface area contributed by atoms with Crippen LogP contribution >= 0.6 is 15.9 Å². The second kappa shape index (κ2) is 5.74. The van der Waals surface area contributed by atoms with Gasteiger partial charge in [-0.15, -0.1) is 0 Å². The number of rotatable bonds is 3. The Hall–Kier alpha value is -2.07. The van der Waals surface area contributed by atoms with Crippen LogP contribution in [0.3, 0.4) is 0 Å². The monoisotopic (exact) mass is 341 g/mol. The molecule has 3 nitrogen and oxygen atoms in total. The summed E-state index contributed by atoms with van der Waals surface area (Å²) in [7, 11) is 0. The molecule has 0 radical (unpaired) electrons. The van der Waals surface area contributed by atoms with Crippen molar-refractivity contribution in [2.75, 3.05) is 5.73 Å². The fourth-order valence-corrected chi connectivity index (χ4v) is 2.77. The number of hydrogen-bond donors (Lipinski definition) is 1. The molecular formula is C17H16BrN3. The Kier molecular flexibility index (Phi) is 3.80. The van der Waals surface area contributed by atoms with Gasteiger partial charge in [0, 0.05) is 16.2 Å². The van der Waals surface area contributed by atoms with Crippen LogP contribution in [0.15, 0.2) is 59.2 Å². The predicted octanol–water partition coefficient (Wildman–Crippen LogP) is 4.25. The Morgan fingerprint density at radius 2 is 1.95 bits per heavy atom. The van der Waals surface area contributed by atoms with Crippen molar-refractivity contribution in [2.45, 2.75) is 13.5 Å². The summed E-state index contributed by atoms with van der Waals surface area (Å²) < 4.78 is 2.91. The lowest BCUT2D eigenvalue weighted by atomic mass is 10.1. The predicted molar refractivity (Wildman–Crippen MR) is 90.1 cm³/mol. The first-order valence-corrected chi connectivity index (χ1v) is 7.55. The molecule has 106 valence electrons. The molecule has 0 unspecified atom stereocenters. The van der Waals surface area contributed by atoms with E-state index in [1.54, 1.807) is 0 Å². The molecule has 0 aliphatic heterocycles. The number of benzene rings is 2. The van der Waals surface area contributed by atoms with Crippen LogP contribution < -0.4 is 5.73 Å². The lowest BCUT2D eigenvalue weighted by molar-refractivity contribution is 0.689. The third kappa shape index (κ3) is 3.16. The SMILES string of the molecule is Cc1cccc(Cn2cc(N)c(-c3cccc(Br)c3)n2)c1. The van der Waals surface area contributed by atoms with Gasteiger partial charge in [0.05, 0.1) is 12.2 Å². The molecule has 2 aromatic carbocycles. The lowest BCUT2D eigenvalue weighted by Gasteiger charge is -2.03. The Labute approximate surface area is 132 Å². The van der Waals surface area contributed by atoms with E-state index in [2.05, 4.69) is 52.2 Å². The number of nitrogens with two attached hydrogens (primary N) is 1. The number of anilines is 1. The van der Waals surface area contributed by atoms with Crippen molar-refractivity contribution in [2.24, 2.45) is 0 Å². The van der Waals surface area contributed by atoms with Gasteiger partial charge in [0.25, 0.3) is 0 Å². The second-order valence-corrected chi connectivity index (χ2v) is 6.05. The third-order valence-electron chi connectivity index (χ3n) is 3.32. The summed E-state index contributed by atoms with van der Waals surface area (Å²) in [5.74, 6) is 0. The molecule has 0 bridgehead atoms. The van der Waals surface area contributed by atoms with Crippen molar-refractivity contribution in [3.8, 4) is 11.3 Å². The van der Waals surface area contributed by atoms with E-state index in [1.807, 2.05) is 35.1 Å². The third-order valence-corrected chi connectivity index (χ3v) is 3.81. The molecule has 0 atom stereocenters. The molecule has 0 saturated heterocycles. The topological polar surface area (TPSA) is 43.8 Å². The highest BCUT2D eigenvalue weighted by molar-refractivity contribution is 9.10. The highest BCUT2D eigenvalue weighted by Crippen LogP contribution is 2.26. The molecule has 3 rings (SSSR count). The van der Waals surface area contributed by atoms with Crippen molar-refractivity contribution in [3.05, 3.63) is 70.3 Å². The van der Waals surface area contributed by atoms with Gasteiger partial charge in [0.15, 0.2) is 0 Å². The van der Waals surface area contributed by atoms with Crippen LogP contribution in [0.1, 0.15) is 11.1 Å². The first-order valence-electron chi connectivity index (χ1n) is 6.76. The van der Waals surface area contributed by atoms with Crippen LogP contribution in [-0.2, 0) is 6.54 Å². The molecule has 0 aliphatic rings. The normalized spacial score (nSPS) is 10.8. The Morgan fingerprint density at radius 3 is 2.71 bits per heavy atom. The van der Waals surface area contributed by atoms with Gasteiger partial charge in [0.2, 0.25) is 0 Å². The summed E-state index contributed by atoms with van der Waals surface area (Å²) in [5.41, 5.74) is 11.1. The van der Waals surface area contributed by atoms with Gasteiger partial charge in [-0.2, -0.15) is 5.10 Å². The lowest BCUT2D eigenvalue weighted by Crippen LogP contribution is -2.00. The summed E-state index contributed by atoms with van der Waals surface area (Å²) >= 11 is 3.48. The average molecular weight is 342 g/mol. The van der Waals surface area contributed by atoms with Gasteiger partial charge in [0.1, 0.15) is 5.69 Å². The number of aryl methyl sites for hydroxylation is 1. The van der Waals surface area contributed by atoms with Crippen molar-refractivity contribution < 1.29 is 0 Å². The van der Waals surface area contributed by atoms with Gasteiger partial charge in [-0.1, -0.05) is 57.9 Å². The molecule has 0 aliphatic carbocycles. The molecule has 0 fully saturated rings. The first-order chi connectivity index (χ1) is 10.1. The fraction of sp³-hybridized carbons (Fsp3) is 0.118. The quantitative estimate of drug-likeness (QED) is 0.773. The minimum Gasteiger partial charge on any atom is -0.396 e.